The van der Waals surface area contributed by atoms with Crippen LogP contribution in [0, 0.1) is 13.8 Å². The Morgan fingerprint density at radius 1 is 1.35 bits per heavy atom. The number of ether oxygens (including phenoxy) is 1. The van der Waals surface area contributed by atoms with Gasteiger partial charge in [-0.2, -0.15) is 10.2 Å². The number of hydrogen-bond acceptors (Lipinski definition) is 4. The summed E-state index contributed by atoms with van der Waals surface area (Å²) >= 11 is 6.09. The summed E-state index contributed by atoms with van der Waals surface area (Å²) in [6.07, 6.45) is 2.03. The molecule has 31 heavy (non-hydrogen) atoms. The van der Waals surface area contributed by atoms with Gasteiger partial charge in [0.2, 0.25) is 5.91 Å². The van der Waals surface area contributed by atoms with E-state index in [-0.39, 0.29) is 24.2 Å². The minimum absolute atomic E-state index is 0.0401. The van der Waals surface area contributed by atoms with Gasteiger partial charge in [0.15, 0.2) is 6.73 Å². The number of carbonyl (C=O) groups is 1. The standard InChI is InChI=1S/C21H22ClF2N5O2/c1-12-3-6-16(13(2)7-12)31-11-28-9-15(8-25-28)26-17(30)10-29-20(14-4-5-14)18(22)19(27-29)21(23)24/h3,6-9,14,21H,4-5,10-11H2,1-2H3,(H,26,30). The van der Waals surface area contributed by atoms with Gasteiger partial charge in [-0.3, -0.25) is 9.48 Å². The molecular formula is C21H22ClF2N5O2. The van der Waals surface area contributed by atoms with E-state index < -0.39 is 18.0 Å². The molecular weight excluding hydrogens is 428 g/mol. The van der Waals surface area contributed by atoms with Crippen LogP contribution in [0.3, 0.4) is 0 Å². The Morgan fingerprint density at radius 2 is 2.13 bits per heavy atom. The lowest BCUT2D eigenvalue weighted by molar-refractivity contribution is -0.117. The molecule has 1 aliphatic carbocycles. The van der Waals surface area contributed by atoms with Gasteiger partial charge in [-0.1, -0.05) is 29.3 Å². The Bertz CT molecular complexity index is 1110. The molecule has 3 aromatic rings. The van der Waals surface area contributed by atoms with Crippen LogP contribution in [0.1, 0.15) is 47.7 Å². The summed E-state index contributed by atoms with van der Waals surface area (Å²) in [5.74, 6) is 0.423. The van der Waals surface area contributed by atoms with Crippen LogP contribution in [-0.4, -0.2) is 25.5 Å². The van der Waals surface area contributed by atoms with Crippen LogP contribution in [0.4, 0.5) is 14.5 Å². The minimum Gasteiger partial charge on any atom is -0.471 e. The van der Waals surface area contributed by atoms with Gasteiger partial charge in [-0.25, -0.2) is 13.5 Å². The zero-order valence-corrected chi connectivity index (χ0v) is 17.9. The quantitative estimate of drug-likeness (QED) is 0.534. The number of amides is 1. The van der Waals surface area contributed by atoms with Crippen molar-refractivity contribution in [2.45, 2.75) is 52.3 Å². The molecule has 1 N–H and O–H groups in total. The number of anilines is 1. The highest BCUT2D eigenvalue weighted by Crippen LogP contribution is 2.45. The van der Waals surface area contributed by atoms with Gasteiger partial charge in [0.1, 0.15) is 18.0 Å². The van der Waals surface area contributed by atoms with Crippen LogP contribution in [0.25, 0.3) is 0 Å². The number of benzene rings is 1. The number of rotatable bonds is 8. The molecule has 2 aromatic heterocycles. The summed E-state index contributed by atoms with van der Waals surface area (Å²) in [4.78, 5) is 12.5. The fraction of sp³-hybridized carbons (Fsp3) is 0.381. The molecule has 0 radical (unpaired) electrons. The monoisotopic (exact) mass is 449 g/mol. The van der Waals surface area contributed by atoms with Crippen LogP contribution < -0.4 is 10.1 Å². The second-order valence-electron chi connectivity index (χ2n) is 7.68. The van der Waals surface area contributed by atoms with Gasteiger partial charge in [0.05, 0.1) is 28.8 Å². The van der Waals surface area contributed by atoms with Crippen molar-refractivity contribution in [1.29, 1.82) is 0 Å². The van der Waals surface area contributed by atoms with Crippen LogP contribution in [0.15, 0.2) is 30.6 Å². The van der Waals surface area contributed by atoms with Gasteiger partial charge in [0.25, 0.3) is 6.43 Å². The third kappa shape index (κ3) is 4.87. The number of carbonyl (C=O) groups excluding carboxylic acids is 1. The van der Waals surface area contributed by atoms with Crippen molar-refractivity contribution in [3.8, 4) is 5.75 Å². The fourth-order valence-electron chi connectivity index (χ4n) is 3.41. The molecule has 0 bridgehead atoms. The van der Waals surface area contributed by atoms with Crippen LogP contribution in [0.2, 0.25) is 5.02 Å². The second-order valence-corrected chi connectivity index (χ2v) is 8.05. The highest BCUT2D eigenvalue weighted by atomic mass is 35.5. The number of nitrogens with zero attached hydrogens (tertiary/aromatic N) is 4. The van der Waals surface area contributed by atoms with Gasteiger partial charge < -0.3 is 10.1 Å². The largest absolute Gasteiger partial charge is 0.471 e. The molecule has 1 fully saturated rings. The molecule has 0 unspecified atom stereocenters. The van der Waals surface area contributed by atoms with Crippen molar-refractivity contribution in [1.82, 2.24) is 19.6 Å². The Hall–Kier alpha value is -2.94. The zero-order valence-electron chi connectivity index (χ0n) is 17.1. The molecule has 7 nitrogen and oxygen atoms in total. The lowest BCUT2D eigenvalue weighted by Gasteiger charge is -2.09. The molecule has 0 aliphatic heterocycles. The van der Waals surface area contributed by atoms with E-state index in [4.69, 9.17) is 16.3 Å². The average Bonchev–Trinajstić information content (AvgIpc) is 3.34. The third-order valence-electron chi connectivity index (χ3n) is 5.02. The summed E-state index contributed by atoms with van der Waals surface area (Å²) in [6, 6.07) is 5.89. The third-order valence-corrected chi connectivity index (χ3v) is 5.41. The van der Waals surface area contributed by atoms with Crippen molar-refractivity contribution in [2.75, 3.05) is 5.32 Å². The van der Waals surface area contributed by atoms with Crippen molar-refractivity contribution in [2.24, 2.45) is 0 Å². The van der Waals surface area contributed by atoms with Crippen LogP contribution in [-0.2, 0) is 18.1 Å². The van der Waals surface area contributed by atoms with Crippen molar-refractivity contribution in [3.63, 3.8) is 0 Å². The maximum atomic E-state index is 13.1. The first-order chi connectivity index (χ1) is 14.8. The smallest absolute Gasteiger partial charge is 0.283 e. The number of nitrogens with one attached hydrogen (secondary N) is 1. The van der Waals surface area contributed by atoms with Crippen LogP contribution >= 0.6 is 11.6 Å². The molecule has 164 valence electrons. The summed E-state index contributed by atoms with van der Waals surface area (Å²) in [7, 11) is 0. The molecule has 4 rings (SSSR count). The second kappa shape index (κ2) is 8.66. The van der Waals surface area contributed by atoms with E-state index in [0.29, 0.717) is 11.4 Å². The van der Waals surface area contributed by atoms with Gasteiger partial charge in [-0.05, 0) is 38.3 Å². The summed E-state index contributed by atoms with van der Waals surface area (Å²) in [5.41, 5.74) is 2.66. The molecule has 0 atom stereocenters. The highest BCUT2D eigenvalue weighted by Gasteiger charge is 2.34. The number of alkyl halides is 2. The van der Waals surface area contributed by atoms with E-state index in [0.717, 1.165) is 29.7 Å². The van der Waals surface area contributed by atoms with E-state index in [1.165, 1.54) is 10.9 Å². The SMILES string of the molecule is Cc1ccc(OCn2cc(NC(=O)Cn3nc(C(F)F)c(Cl)c3C3CC3)cn2)c(C)c1. The summed E-state index contributed by atoms with van der Waals surface area (Å²) < 4.78 is 34.9. The summed E-state index contributed by atoms with van der Waals surface area (Å²) in [6.45, 7) is 3.95. The Kier molecular flexibility index (Phi) is 5.95. The minimum atomic E-state index is -2.79. The van der Waals surface area contributed by atoms with Crippen LogP contribution in [0.5, 0.6) is 5.75 Å². The first kappa shape index (κ1) is 21.3. The number of aryl methyl sites for hydroxylation is 2. The zero-order chi connectivity index (χ0) is 22.1. The fourth-order valence-corrected chi connectivity index (χ4v) is 3.78. The number of halogens is 3. The van der Waals surface area contributed by atoms with E-state index >= 15 is 0 Å². The van der Waals surface area contributed by atoms with Crippen molar-refractivity contribution < 1.29 is 18.3 Å². The predicted molar refractivity (Wildman–Crippen MR) is 112 cm³/mol. The maximum Gasteiger partial charge on any atom is 0.283 e. The normalized spacial score (nSPS) is 13.6. The summed E-state index contributed by atoms with van der Waals surface area (Å²) in [5, 5.41) is 10.7. The molecule has 0 spiro atoms. The Morgan fingerprint density at radius 3 is 2.81 bits per heavy atom. The van der Waals surface area contributed by atoms with Crippen molar-refractivity contribution in [3.05, 3.63) is 58.1 Å². The van der Waals surface area contributed by atoms with Crippen molar-refractivity contribution >= 4 is 23.2 Å². The average molecular weight is 450 g/mol. The van der Waals surface area contributed by atoms with E-state index in [1.54, 1.807) is 10.9 Å². The van der Waals surface area contributed by atoms with E-state index in [2.05, 4.69) is 15.5 Å². The van der Waals surface area contributed by atoms with Gasteiger partial charge in [-0.15, -0.1) is 0 Å². The topological polar surface area (TPSA) is 74.0 Å². The molecule has 1 amide bonds. The number of aromatic nitrogens is 4. The molecule has 2 heterocycles. The molecule has 0 saturated heterocycles. The van der Waals surface area contributed by atoms with Gasteiger partial charge >= 0.3 is 0 Å². The first-order valence-corrected chi connectivity index (χ1v) is 10.3. The molecule has 1 aliphatic rings. The molecule has 10 heteroatoms. The lowest BCUT2D eigenvalue weighted by atomic mass is 10.1. The maximum absolute atomic E-state index is 13.1. The Balaban J connectivity index is 1.38. The first-order valence-electron chi connectivity index (χ1n) is 9.88. The Labute approximate surface area is 182 Å². The molecule has 1 saturated carbocycles. The lowest BCUT2D eigenvalue weighted by Crippen LogP contribution is -2.20. The number of hydrogen-bond donors (Lipinski definition) is 1. The molecule has 1 aromatic carbocycles. The predicted octanol–water partition coefficient (Wildman–Crippen LogP) is 4.84. The highest BCUT2D eigenvalue weighted by molar-refractivity contribution is 6.32. The van der Waals surface area contributed by atoms with E-state index in [1.807, 2.05) is 32.0 Å². The van der Waals surface area contributed by atoms with Gasteiger partial charge in [0, 0.05) is 5.92 Å². The van der Waals surface area contributed by atoms with E-state index in [9.17, 15) is 13.6 Å².